The monoisotopic (exact) mass is 268 g/mol. The summed E-state index contributed by atoms with van der Waals surface area (Å²) in [4.78, 5) is 0. The third kappa shape index (κ3) is 3.20. The van der Waals surface area contributed by atoms with Crippen molar-refractivity contribution in [3.8, 4) is 12.3 Å². The van der Waals surface area contributed by atoms with E-state index in [-0.39, 0.29) is 19.8 Å². The number of rotatable bonds is 8. The predicted molar refractivity (Wildman–Crippen MR) is 64.4 cm³/mol. The van der Waals surface area contributed by atoms with Crippen LogP contribution >= 0.6 is 16.1 Å². The summed E-state index contributed by atoms with van der Waals surface area (Å²) in [6.45, 7) is 5.45. The molecular weight excluding hydrogens is 250 g/mol. The average molecular weight is 268 g/mol. The molecule has 0 spiro atoms. The van der Waals surface area contributed by atoms with E-state index in [1.165, 1.54) is 0 Å². The van der Waals surface area contributed by atoms with Crippen molar-refractivity contribution in [2.24, 2.45) is 0 Å². The van der Waals surface area contributed by atoms with Gasteiger partial charge in [-0.1, -0.05) is 5.92 Å². The Morgan fingerprint density at radius 2 is 1.75 bits per heavy atom. The van der Waals surface area contributed by atoms with E-state index in [2.05, 4.69) is 5.92 Å². The smallest absolute Gasteiger partial charge is 0.346 e. The van der Waals surface area contributed by atoms with Crippen molar-refractivity contribution in [2.45, 2.75) is 25.9 Å². The summed E-state index contributed by atoms with van der Waals surface area (Å²) in [7, 11) is -5.35. The first-order valence-electron chi connectivity index (χ1n) is 5.03. The summed E-state index contributed by atoms with van der Waals surface area (Å²) in [6.07, 6.45) is 5.26. The van der Waals surface area contributed by atoms with Gasteiger partial charge in [-0.2, -0.15) is 0 Å². The highest BCUT2D eigenvalue weighted by molar-refractivity contribution is 7.65. The lowest BCUT2D eigenvalue weighted by Crippen LogP contribution is -2.26. The van der Waals surface area contributed by atoms with E-state index in [4.69, 9.17) is 20.2 Å². The third-order valence-corrected chi connectivity index (χ3v) is 5.92. The van der Waals surface area contributed by atoms with Crippen LogP contribution in [0.2, 0.25) is 0 Å². The highest BCUT2D eigenvalue weighted by Crippen LogP contribution is 2.64. The minimum Gasteiger partial charge on any atom is -0.346 e. The highest BCUT2D eigenvalue weighted by Gasteiger charge is 2.51. The van der Waals surface area contributed by atoms with Crippen LogP contribution in [-0.2, 0) is 22.9 Å². The maximum absolute atomic E-state index is 12.4. The molecule has 94 valence electrons. The molecule has 0 saturated heterocycles. The molecule has 0 N–H and O–H groups in total. The fourth-order valence-corrected chi connectivity index (χ4v) is 3.97. The molecule has 16 heavy (non-hydrogen) atoms. The van der Waals surface area contributed by atoms with Crippen LogP contribution in [0.5, 0.6) is 0 Å². The molecule has 0 saturated carbocycles. The third-order valence-electron chi connectivity index (χ3n) is 1.74. The second kappa shape index (κ2) is 7.27. The van der Waals surface area contributed by atoms with Gasteiger partial charge in [0.1, 0.15) is 8.46 Å². The largest absolute Gasteiger partial charge is 0.381 e. The summed E-state index contributed by atoms with van der Waals surface area (Å²) < 4.78 is 38.9. The Labute approximate surface area is 97.6 Å². The van der Waals surface area contributed by atoms with Crippen LogP contribution in [0.3, 0.4) is 0 Å². The van der Waals surface area contributed by atoms with Crippen LogP contribution in [0, 0.1) is 12.3 Å². The Hall–Kier alpha value is -0.100. The molecule has 0 aromatic carbocycles. The highest BCUT2D eigenvalue weighted by atomic mass is 31.2. The van der Waals surface area contributed by atoms with E-state index in [0.29, 0.717) is 0 Å². The molecule has 0 bridgehead atoms. The van der Waals surface area contributed by atoms with Crippen molar-refractivity contribution >= 4 is 16.1 Å². The van der Waals surface area contributed by atoms with Crippen LogP contribution in [0.1, 0.15) is 20.8 Å². The molecule has 0 fully saturated rings. The summed E-state index contributed by atoms with van der Waals surface area (Å²) in [5.74, 6) is 2.17. The molecule has 0 aromatic rings. The van der Waals surface area contributed by atoms with Gasteiger partial charge in [0.05, 0.1) is 13.2 Å². The maximum Gasteiger partial charge on any atom is 0.381 e. The zero-order chi connectivity index (χ0) is 12.7. The zero-order valence-electron chi connectivity index (χ0n) is 9.76. The molecule has 2 atom stereocenters. The Balaban J connectivity index is 5.34. The van der Waals surface area contributed by atoms with Gasteiger partial charge in [-0.3, -0.25) is 4.57 Å². The summed E-state index contributed by atoms with van der Waals surface area (Å²) in [6, 6.07) is 0. The lowest BCUT2D eigenvalue weighted by Gasteiger charge is -2.30. The Morgan fingerprint density at radius 1 is 1.25 bits per heavy atom. The Bertz CT molecular complexity index is 302. The van der Waals surface area contributed by atoms with Gasteiger partial charge in [-0.15, -0.1) is 6.42 Å². The first-order chi connectivity index (χ1) is 7.55. The number of hydrogen-bond acceptors (Lipinski definition) is 5. The summed E-state index contributed by atoms with van der Waals surface area (Å²) >= 11 is 0. The Morgan fingerprint density at radius 3 is 2.00 bits per heavy atom. The second-order valence-corrected chi connectivity index (χ2v) is 6.44. The molecule has 0 amide bonds. The van der Waals surface area contributed by atoms with Crippen LogP contribution < -0.4 is 0 Å². The van der Waals surface area contributed by atoms with Crippen molar-refractivity contribution in [3.05, 3.63) is 0 Å². The summed E-state index contributed by atoms with van der Waals surface area (Å²) in [5, 5.41) is -1.74. The van der Waals surface area contributed by atoms with Crippen LogP contribution in [-0.4, -0.2) is 24.9 Å². The SMILES string of the molecule is C#CC(OCC)([PH2]=O)P(=O)(OCC)OCC. The van der Waals surface area contributed by atoms with E-state index in [1.807, 2.05) is 0 Å². The molecule has 0 radical (unpaired) electrons. The van der Waals surface area contributed by atoms with Crippen LogP contribution in [0.25, 0.3) is 0 Å². The van der Waals surface area contributed by atoms with E-state index < -0.39 is 21.1 Å². The molecule has 0 aliphatic carbocycles. The number of ether oxygens (including phenoxy) is 1. The quantitative estimate of drug-likeness (QED) is 0.499. The normalized spacial score (nSPS) is 16.1. The fourth-order valence-electron chi connectivity index (χ4n) is 1.12. The zero-order valence-corrected chi connectivity index (χ0v) is 11.8. The average Bonchev–Trinajstić information content (AvgIpc) is 2.26. The van der Waals surface area contributed by atoms with Gasteiger partial charge < -0.3 is 18.3 Å². The number of terminal acetylenes is 1. The fraction of sp³-hybridized carbons (Fsp3) is 0.778. The van der Waals surface area contributed by atoms with Gasteiger partial charge >= 0.3 is 7.60 Å². The van der Waals surface area contributed by atoms with Gasteiger partial charge in [0.2, 0.25) is 0 Å². The summed E-state index contributed by atoms with van der Waals surface area (Å²) in [5.41, 5.74) is 0. The minimum atomic E-state index is -3.71. The van der Waals surface area contributed by atoms with Crippen molar-refractivity contribution in [1.29, 1.82) is 0 Å². The van der Waals surface area contributed by atoms with Gasteiger partial charge in [-0.05, 0) is 20.8 Å². The standard InChI is InChI=1S/C9H18O5P2/c1-5-9(15-10,12-6-2)16(11,13-7-3)14-8-4/h1H,6-8,15H2,2-4H3. The van der Waals surface area contributed by atoms with Crippen LogP contribution in [0.15, 0.2) is 0 Å². The second-order valence-electron chi connectivity index (χ2n) is 2.72. The molecule has 0 aliphatic heterocycles. The van der Waals surface area contributed by atoms with Crippen molar-refractivity contribution in [1.82, 2.24) is 0 Å². The molecule has 7 heteroatoms. The van der Waals surface area contributed by atoms with Gasteiger partial charge in [0, 0.05) is 6.61 Å². The molecule has 0 heterocycles. The van der Waals surface area contributed by atoms with E-state index in [1.54, 1.807) is 20.8 Å². The van der Waals surface area contributed by atoms with Crippen molar-refractivity contribution < 1.29 is 22.9 Å². The van der Waals surface area contributed by atoms with E-state index >= 15 is 0 Å². The van der Waals surface area contributed by atoms with Crippen molar-refractivity contribution in [2.75, 3.05) is 19.8 Å². The van der Waals surface area contributed by atoms with E-state index in [0.717, 1.165) is 0 Å². The maximum atomic E-state index is 12.4. The minimum absolute atomic E-state index is 0.146. The predicted octanol–water partition coefficient (Wildman–Crippen LogP) is 2.33. The van der Waals surface area contributed by atoms with E-state index in [9.17, 15) is 9.13 Å². The molecule has 0 aliphatic rings. The molecule has 2 unspecified atom stereocenters. The topological polar surface area (TPSA) is 61.8 Å². The first kappa shape index (κ1) is 15.9. The van der Waals surface area contributed by atoms with Crippen LogP contribution in [0.4, 0.5) is 0 Å². The molecule has 0 aromatic heterocycles. The lowest BCUT2D eigenvalue weighted by atomic mass is 10.7. The molecular formula is C9H18O5P2. The van der Waals surface area contributed by atoms with Gasteiger partial charge in [0.25, 0.3) is 5.08 Å². The Kier molecular flexibility index (Phi) is 7.22. The van der Waals surface area contributed by atoms with Gasteiger partial charge in [-0.25, -0.2) is 0 Å². The van der Waals surface area contributed by atoms with Crippen molar-refractivity contribution in [3.63, 3.8) is 0 Å². The van der Waals surface area contributed by atoms with Gasteiger partial charge in [0.15, 0.2) is 0 Å². The molecule has 5 nitrogen and oxygen atoms in total. The first-order valence-corrected chi connectivity index (χ1v) is 7.62. The lowest BCUT2D eigenvalue weighted by molar-refractivity contribution is 0.0855. The number of hydrogen-bond donors (Lipinski definition) is 0. The molecule has 0 rings (SSSR count).